The van der Waals surface area contributed by atoms with Gasteiger partial charge in [-0.3, -0.25) is 14.2 Å². The van der Waals surface area contributed by atoms with Crippen LogP contribution in [0.5, 0.6) is 17.2 Å². The van der Waals surface area contributed by atoms with Crippen molar-refractivity contribution in [3.05, 3.63) is 93.1 Å². The maximum Gasteiger partial charge on any atom is 0.333 e. The molecule has 0 fully saturated rings. The average molecular weight is 578 g/mol. The van der Waals surface area contributed by atoms with Crippen molar-refractivity contribution in [3.8, 4) is 17.2 Å². The van der Waals surface area contributed by atoms with Gasteiger partial charge in [-0.2, -0.15) is 0 Å². The lowest BCUT2D eigenvalue weighted by atomic mass is 10.1. The quantitative estimate of drug-likeness (QED) is 0.163. The van der Waals surface area contributed by atoms with Gasteiger partial charge < -0.3 is 24.1 Å². The van der Waals surface area contributed by atoms with E-state index in [-0.39, 0.29) is 23.7 Å². The first-order valence-corrected chi connectivity index (χ1v) is 13.8. The van der Waals surface area contributed by atoms with Crippen LogP contribution in [0.25, 0.3) is 16.3 Å². The lowest BCUT2D eigenvalue weighted by Crippen LogP contribution is -2.26. The van der Waals surface area contributed by atoms with Crippen LogP contribution in [-0.4, -0.2) is 55.0 Å². The number of thiazole rings is 1. The Bertz CT molecular complexity index is 1580. The molecule has 4 aromatic rings. The minimum atomic E-state index is -0.997. The second-order valence-corrected chi connectivity index (χ2v) is 10.0. The highest BCUT2D eigenvalue weighted by atomic mass is 32.1. The first-order chi connectivity index (χ1) is 19.8. The number of aliphatic carboxylic acids is 1. The molecule has 0 radical (unpaired) electrons. The van der Waals surface area contributed by atoms with Crippen molar-refractivity contribution < 1.29 is 33.6 Å². The van der Waals surface area contributed by atoms with Crippen molar-refractivity contribution >= 4 is 39.4 Å². The summed E-state index contributed by atoms with van der Waals surface area (Å²) in [7, 11) is 3.13. The van der Waals surface area contributed by atoms with E-state index in [0.717, 1.165) is 28.0 Å². The van der Waals surface area contributed by atoms with Gasteiger partial charge in [0.05, 0.1) is 31.0 Å². The topological polar surface area (TPSA) is 113 Å². The molecule has 10 heteroatoms. The molecule has 0 spiro atoms. The zero-order valence-corrected chi connectivity index (χ0v) is 23.8. The van der Waals surface area contributed by atoms with Crippen molar-refractivity contribution in [2.45, 2.75) is 26.0 Å². The number of ketones is 1. The summed E-state index contributed by atoms with van der Waals surface area (Å²) in [5.41, 5.74) is 2.79. The fourth-order valence-electron chi connectivity index (χ4n) is 4.23. The maximum atomic E-state index is 12.9. The molecular weight excluding hydrogens is 546 g/mol. The van der Waals surface area contributed by atoms with Gasteiger partial charge in [0, 0.05) is 24.7 Å². The molecule has 214 valence electrons. The molecule has 3 aromatic carbocycles. The number of hydrogen-bond donors (Lipinski definition) is 1. The summed E-state index contributed by atoms with van der Waals surface area (Å²) in [5, 5.41) is 9.26. The first-order valence-electron chi connectivity index (χ1n) is 13.0. The second-order valence-electron chi connectivity index (χ2n) is 9.02. The Balaban J connectivity index is 1.39. The monoisotopic (exact) mass is 577 g/mol. The Labute approximate surface area is 241 Å². The lowest BCUT2D eigenvalue weighted by Gasteiger charge is -2.13. The predicted molar refractivity (Wildman–Crippen MR) is 158 cm³/mol. The third-order valence-corrected chi connectivity index (χ3v) is 7.27. The van der Waals surface area contributed by atoms with Gasteiger partial charge in [0.15, 0.2) is 11.9 Å². The molecule has 9 nitrogen and oxygen atoms in total. The van der Waals surface area contributed by atoms with E-state index in [4.69, 9.17) is 18.9 Å². The number of rotatable bonds is 14. The Hall–Kier alpha value is -4.41. The van der Waals surface area contributed by atoms with Gasteiger partial charge in [-0.1, -0.05) is 29.5 Å². The van der Waals surface area contributed by atoms with Gasteiger partial charge in [-0.25, -0.2) is 4.79 Å². The maximum absolute atomic E-state index is 12.9. The molecule has 1 atom stereocenters. The van der Waals surface area contributed by atoms with Crippen LogP contribution in [-0.2, 0) is 22.5 Å². The van der Waals surface area contributed by atoms with E-state index < -0.39 is 12.1 Å². The molecule has 41 heavy (non-hydrogen) atoms. The number of benzene rings is 3. The molecule has 0 aliphatic rings. The summed E-state index contributed by atoms with van der Waals surface area (Å²) >= 11 is 1.08. The molecule has 0 aliphatic heterocycles. The number of ether oxygens (including phenoxy) is 4. The summed E-state index contributed by atoms with van der Waals surface area (Å²) in [6.45, 7) is 2.67. The zero-order valence-electron chi connectivity index (χ0n) is 23.0. The molecule has 1 unspecified atom stereocenters. The summed E-state index contributed by atoms with van der Waals surface area (Å²) in [4.78, 5) is 36.7. The lowest BCUT2D eigenvalue weighted by molar-refractivity contribution is -0.149. The molecule has 0 bridgehead atoms. The number of fused-ring (bicyclic) bond motifs is 1. The van der Waals surface area contributed by atoms with Crippen molar-refractivity contribution in [1.82, 2.24) is 4.57 Å². The largest absolute Gasteiger partial charge is 0.497 e. The van der Waals surface area contributed by atoms with Gasteiger partial charge in [-0.15, -0.1) is 0 Å². The molecule has 1 heterocycles. The van der Waals surface area contributed by atoms with Crippen molar-refractivity contribution in [2.24, 2.45) is 0 Å². The average Bonchev–Trinajstić information content (AvgIpc) is 3.30. The third-order valence-electron chi connectivity index (χ3n) is 6.33. The van der Waals surface area contributed by atoms with E-state index in [1.165, 1.54) is 6.08 Å². The van der Waals surface area contributed by atoms with Gasteiger partial charge in [0.25, 0.3) is 0 Å². The SMILES string of the molecule is CCOC(Cc1ccc(OCCn2c(=O)sc3cc(C(=O)/C=C/c4cc(OC)cc(OC)c4)ccc32)cc1)C(=O)O. The first kappa shape index (κ1) is 29.6. The molecule has 0 saturated heterocycles. The fraction of sp³-hybridized carbons (Fsp3) is 0.258. The number of carboxylic acid groups (broad SMARTS) is 1. The summed E-state index contributed by atoms with van der Waals surface area (Å²) < 4.78 is 24.0. The second kappa shape index (κ2) is 13.8. The smallest absolute Gasteiger partial charge is 0.333 e. The number of nitrogens with zero attached hydrogens (tertiary/aromatic N) is 1. The van der Waals surface area contributed by atoms with Crippen LogP contribution < -0.4 is 19.1 Å². The highest BCUT2D eigenvalue weighted by Gasteiger charge is 2.18. The van der Waals surface area contributed by atoms with Gasteiger partial charge in [-0.05, 0) is 66.6 Å². The number of aromatic nitrogens is 1. The highest BCUT2D eigenvalue weighted by Crippen LogP contribution is 2.24. The van der Waals surface area contributed by atoms with E-state index in [1.54, 1.807) is 92.5 Å². The van der Waals surface area contributed by atoms with E-state index in [9.17, 15) is 19.5 Å². The van der Waals surface area contributed by atoms with Crippen molar-refractivity contribution in [1.29, 1.82) is 0 Å². The number of carboxylic acids is 1. The van der Waals surface area contributed by atoms with Crippen molar-refractivity contribution in [2.75, 3.05) is 27.4 Å². The van der Waals surface area contributed by atoms with Gasteiger partial charge in [0.1, 0.15) is 23.9 Å². The summed E-state index contributed by atoms with van der Waals surface area (Å²) in [6, 6.07) is 17.7. The third kappa shape index (κ3) is 7.62. The number of carbonyl (C=O) groups excluding carboxylic acids is 1. The van der Waals surface area contributed by atoms with Crippen LogP contribution in [0.2, 0.25) is 0 Å². The number of allylic oxidation sites excluding steroid dienone is 1. The molecule has 0 saturated carbocycles. The number of methoxy groups -OCH3 is 2. The molecule has 1 aromatic heterocycles. The van der Waals surface area contributed by atoms with E-state index >= 15 is 0 Å². The highest BCUT2D eigenvalue weighted by molar-refractivity contribution is 7.16. The normalized spacial score (nSPS) is 12.0. The summed E-state index contributed by atoms with van der Waals surface area (Å²) in [5.74, 6) is 0.664. The van der Waals surface area contributed by atoms with E-state index in [1.807, 2.05) is 0 Å². The molecule has 4 rings (SSSR count). The standard InChI is InChI=1S/C31H31NO8S/c1-4-39-28(30(34)35)17-20-5-9-23(10-6-20)40-14-13-32-26-11-8-22(18-29(26)41-31(32)36)27(33)12-7-21-15-24(37-2)19-25(16-21)38-3/h5-12,15-16,18-19,28H,4,13-14,17H2,1-3H3,(H,34,35)/b12-7+. The molecule has 0 aliphatic carbocycles. The Morgan fingerprint density at radius 1 is 0.976 bits per heavy atom. The summed E-state index contributed by atoms with van der Waals surface area (Å²) in [6.07, 6.45) is 2.54. The Morgan fingerprint density at radius 2 is 1.68 bits per heavy atom. The van der Waals surface area contributed by atoms with E-state index in [2.05, 4.69) is 0 Å². The minimum Gasteiger partial charge on any atom is -0.497 e. The zero-order chi connectivity index (χ0) is 29.4. The number of carbonyl (C=O) groups is 2. The van der Waals surface area contributed by atoms with Crippen LogP contribution in [0, 0.1) is 0 Å². The van der Waals surface area contributed by atoms with Gasteiger partial charge >= 0.3 is 10.8 Å². The molecule has 0 amide bonds. The Morgan fingerprint density at radius 3 is 2.32 bits per heavy atom. The van der Waals surface area contributed by atoms with Crippen LogP contribution in [0.15, 0.2) is 71.5 Å². The molecular formula is C31H31NO8S. The predicted octanol–water partition coefficient (Wildman–Crippen LogP) is 5.09. The fourth-order valence-corrected chi connectivity index (χ4v) is 5.19. The minimum absolute atomic E-state index is 0.141. The van der Waals surface area contributed by atoms with Crippen molar-refractivity contribution in [3.63, 3.8) is 0 Å². The number of hydrogen-bond acceptors (Lipinski definition) is 8. The van der Waals surface area contributed by atoms with Crippen LogP contribution in [0.1, 0.15) is 28.4 Å². The Kier molecular flexibility index (Phi) is 9.94. The van der Waals surface area contributed by atoms with Crippen LogP contribution in [0.3, 0.4) is 0 Å². The van der Waals surface area contributed by atoms with E-state index in [0.29, 0.717) is 40.7 Å². The molecule has 1 N–H and O–H groups in total. The van der Waals surface area contributed by atoms with Crippen LogP contribution >= 0.6 is 11.3 Å². The van der Waals surface area contributed by atoms with Gasteiger partial charge in [0.2, 0.25) is 0 Å². The van der Waals surface area contributed by atoms with Crippen LogP contribution in [0.4, 0.5) is 0 Å².